The summed E-state index contributed by atoms with van der Waals surface area (Å²) in [5.74, 6) is 0.470. The van der Waals surface area contributed by atoms with E-state index in [4.69, 9.17) is 14.5 Å². The van der Waals surface area contributed by atoms with Crippen molar-refractivity contribution in [2.75, 3.05) is 24.7 Å². The van der Waals surface area contributed by atoms with Crippen molar-refractivity contribution in [2.24, 2.45) is 11.3 Å². The van der Waals surface area contributed by atoms with Gasteiger partial charge in [0.05, 0.1) is 30.4 Å². The van der Waals surface area contributed by atoms with Gasteiger partial charge in [0.25, 0.3) is 15.9 Å². The lowest BCUT2D eigenvalue weighted by molar-refractivity contribution is -0.190. The first-order valence-electron chi connectivity index (χ1n) is 14.5. The zero-order chi connectivity index (χ0) is 31.3. The van der Waals surface area contributed by atoms with Crippen molar-refractivity contribution >= 4 is 21.7 Å². The Morgan fingerprint density at radius 1 is 1.16 bits per heavy atom. The van der Waals surface area contributed by atoms with Crippen molar-refractivity contribution in [3.05, 3.63) is 48.3 Å². The van der Waals surface area contributed by atoms with Crippen molar-refractivity contribution in [1.29, 1.82) is 0 Å². The summed E-state index contributed by atoms with van der Waals surface area (Å²) in [7, 11) is -4.26. The molecule has 4 aliphatic rings. The van der Waals surface area contributed by atoms with Gasteiger partial charge >= 0.3 is 6.18 Å². The minimum Gasteiger partial charge on any atom is -0.478 e. The molecule has 2 fully saturated rings. The lowest BCUT2D eigenvalue weighted by atomic mass is 9.93. The third-order valence-corrected chi connectivity index (χ3v) is 9.97. The van der Waals surface area contributed by atoms with Crippen molar-refractivity contribution in [2.45, 2.75) is 69.0 Å². The molecule has 44 heavy (non-hydrogen) atoms. The van der Waals surface area contributed by atoms with Crippen LogP contribution in [0.4, 0.5) is 19.0 Å². The van der Waals surface area contributed by atoms with Crippen LogP contribution in [0.2, 0.25) is 0 Å². The molecule has 3 aromatic rings. The Balaban J connectivity index is 1.30. The summed E-state index contributed by atoms with van der Waals surface area (Å²) in [4.78, 5) is 24.2. The number of nitrogens with zero attached hydrogens (tertiary/aromatic N) is 5. The van der Waals surface area contributed by atoms with Crippen LogP contribution in [0.15, 0.2) is 47.6 Å². The highest BCUT2D eigenvalue weighted by Crippen LogP contribution is 2.59. The highest BCUT2D eigenvalue weighted by Gasteiger charge is 2.62. The highest BCUT2D eigenvalue weighted by molar-refractivity contribution is 7.90. The number of anilines is 1. The summed E-state index contributed by atoms with van der Waals surface area (Å²) in [6.07, 6.45) is 0.951. The molecule has 1 aliphatic carbocycles. The molecule has 3 aromatic heterocycles. The van der Waals surface area contributed by atoms with Crippen LogP contribution in [0.3, 0.4) is 0 Å². The summed E-state index contributed by atoms with van der Waals surface area (Å²) in [5, 5.41) is 4.34. The quantitative estimate of drug-likeness (QED) is 0.426. The number of halogens is 3. The SMILES string of the molecule is CC1(C)CC2CCCOc3ccc(cn3)S(=O)(=O)NC(=O)c3ccc(-n4ccc(OCCC5(C(F)(F)F)CC5)n4)nc3N1C2. The molecule has 236 valence electrons. The number of pyridine rings is 2. The van der Waals surface area contributed by atoms with E-state index in [9.17, 15) is 26.4 Å². The van der Waals surface area contributed by atoms with E-state index in [1.165, 1.54) is 35.0 Å². The van der Waals surface area contributed by atoms with Crippen LogP contribution in [0.1, 0.15) is 62.7 Å². The van der Waals surface area contributed by atoms with Gasteiger partial charge in [0, 0.05) is 30.4 Å². The van der Waals surface area contributed by atoms with E-state index < -0.39 is 33.1 Å². The molecule has 7 rings (SSSR count). The fourth-order valence-corrected chi connectivity index (χ4v) is 6.90. The van der Waals surface area contributed by atoms with Gasteiger partial charge in [-0.05, 0) is 76.5 Å². The lowest BCUT2D eigenvalue weighted by Gasteiger charge is -2.34. The topological polar surface area (TPSA) is 129 Å². The molecule has 1 saturated heterocycles. The van der Waals surface area contributed by atoms with Crippen molar-refractivity contribution in [1.82, 2.24) is 24.5 Å². The molecule has 1 amide bonds. The van der Waals surface area contributed by atoms with Crippen LogP contribution >= 0.6 is 0 Å². The van der Waals surface area contributed by atoms with E-state index >= 15 is 0 Å². The first-order chi connectivity index (χ1) is 20.8. The monoisotopic (exact) mass is 634 g/mol. The van der Waals surface area contributed by atoms with E-state index in [0.29, 0.717) is 30.7 Å². The largest absolute Gasteiger partial charge is 0.478 e. The minimum absolute atomic E-state index is 0.0663. The molecule has 15 heteroatoms. The summed E-state index contributed by atoms with van der Waals surface area (Å²) in [5.41, 5.74) is -2.01. The van der Waals surface area contributed by atoms with Gasteiger partial charge in [0.15, 0.2) is 5.82 Å². The standard InChI is InChI=1S/C29H33F3N6O5S/c1-27(2)16-19-4-3-14-42-23-8-5-20(17-33-23)44(40,41)36-26(39)21-6-7-22(34-25(21)37(27)18-19)38-13-9-24(35-38)43-15-12-28(10-11-28)29(30,31)32/h5-9,13,17,19H,3-4,10-12,14-16,18H2,1-2H3,(H,36,39). The van der Waals surface area contributed by atoms with Crippen LogP contribution in [-0.4, -0.2) is 65.5 Å². The number of hydrogen-bond donors (Lipinski definition) is 1. The Labute approximate surface area is 252 Å². The van der Waals surface area contributed by atoms with Gasteiger partial charge in [-0.3, -0.25) is 4.79 Å². The van der Waals surface area contributed by atoms with Gasteiger partial charge in [0.2, 0.25) is 11.8 Å². The molecule has 1 saturated carbocycles. The molecule has 3 aliphatic heterocycles. The van der Waals surface area contributed by atoms with E-state index in [-0.39, 0.29) is 48.1 Å². The van der Waals surface area contributed by atoms with Gasteiger partial charge in [-0.15, -0.1) is 5.10 Å². The van der Waals surface area contributed by atoms with Gasteiger partial charge < -0.3 is 14.4 Å². The lowest BCUT2D eigenvalue weighted by Crippen LogP contribution is -2.41. The summed E-state index contributed by atoms with van der Waals surface area (Å²) < 4.78 is 80.7. The number of carbonyl (C=O) groups is 1. The maximum Gasteiger partial charge on any atom is 0.394 e. The van der Waals surface area contributed by atoms with Crippen molar-refractivity contribution in [3.63, 3.8) is 0 Å². The number of sulfonamides is 1. The zero-order valence-corrected chi connectivity index (χ0v) is 25.1. The van der Waals surface area contributed by atoms with E-state index in [1.54, 1.807) is 6.20 Å². The van der Waals surface area contributed by atoms with E-state index in [0.717, 1.165) is 25.5 Å². The predicted octanol–water partition coefficient (Wildman–Crippen LogP) is 4.67. The van der Waals surface area contributed by atoms with Crippen LogP contribution in [-0.2, 0) is 10.0 Å². The second-order valence-electron chi connectivity index (χ2n) is 12.3. The molecule has 6 heterocycles. The molecular formula is C29H33F3N6O5S. The molecule has 1 N–H and O–H groups in total. The Morgan fingerprint density at radius 2 is 1.95 bits per heavy atom. The number of amides is 1. The van der Waals surface area contributed by atoms with Crippen LogP contribution in [0, 0.1) is 11.3 Å². The maximum absolute atomic E-state index is 13.5. The van der Waals surface area contributed by atoms with Crippen LogP contribution in [0.5, 0.6) is 11.8 Å². The smallest absolute Gasteiger partial charge is 0.394 e. The Bertz CT molecular complexity index is 1650. The second kappa shape index (κ2) is 10.9. The number of aromatic nitrogens is 4. The predicted molar refractivity (Wildman–Crippen MR) is 152 cm³/mol. The molecule has 1 unspecified atom stereocenters. The summed E-state index contributed by atoms with van der Waals surface area (Å²) >= 11 is 0. The third-order valence-electron chi connectivity index (χ3n) is 8.66. The molecule has 0 aromatic carbocycles. The number of rotatable bonds is 5. The first kappa shape index (κ1) is 30.2. The Hall–Kier alpha value is -3.88. The number of carbonyl (C=O) groups excluding carboxylic acids is 1. The average Bonchev–Trinajstić information content (AvgIpc) is 3.51. The van der Waals surface area contributed by atoms with Crippen molar-refractivity contribution < 1.29 is 35.9 Å². The molecule has 0 spiro atoms. The zero-order valence-electron chi connectivity index (χ0n) is 24.3. The molecular weight excluding hydrogens is 601 g/mol. The van der Waals surface area contributed by atoms with Crippen LogP contribution in [0.25, 0.3) is 5.82 Å². The van der Waals surface area contributed by atoms with Gasteiger partial charge in [-0.1, -0.05) is 0 Å². The molecule has 0 radical (unpaired) electrons. The number of nitrogens with one attached hydrogen (secondary N) is 1. The van der Waals surface area contributed by atoms with Gasteiger partial charge in [-0.25, -0.2) is 27.8 Å². The highest BCUT2D eigenvalue weighted by atomic mass is 32.2. The molecule has 4 bridgehead atoms. The number of alkyl halides is 3. The fourth-order valence-electron chi connectivity index (χ4n) is 5.99. The number of fused-ring (bicyclic) bond motifs is 7. The molecule has 11 nitrogen and oxygen atoms in total. The number of ether oxygens (including phenoxy) is 2. The average molecular weight is 635 g/mol. The number of hydrogen-bond acceptors (Lipinski definition) is 9. The van der Waals surface area contributed by atoms with Crippen molar-refractivity contribution in [3.8, 4) is 17.6 Å². The minimum atomic E-state index is -4.26. The summed E-state index contributed by atoms with van der Waals surface area (Å²) in [6, 6.07) is 7.33. The van der Waals surface area contributed by atoms with Gasteiger partial charge in [0.1, 0.15) is 10.7 Å². The maximum atomic E-state index is 13.5. The normalized spacial score (nSPS) is 22.2. The van der Waals surface area contributed by atoms with E-state index in [2.05, 4.69) is 14.8 Å². The molecule has 1 atom stereocenters. The first-order valence-corrected chi connectivity index (χ1v) is 16.0. The Kier molecular flexibility index (Phi) is 7.49. The fraction of sp³-hybridized carbons (Fsp3) is 0.517. The van der Waals surface area contributed by atoms with E-state index in [1.807, 2.05) is 18.7 Å². The Morgan fingerprint density at radius 3 is 2.66 bits per heavy atom. The third kappa shape index (κ3) is 5.93. The van der Waals surface area contributed by atoms with Gasteiger partial charge in [-0.2, -0.15) is 13.2 Å². The second-order valence-corrected chi connectivity index (χ2v) is 13.9. The van der Waals surface area contributed by atoms with Crippen LogP contribution < -0.4 is 19.1 Å². The summed E-state index contributed by atoms with van der Waals surface area (Å²) in [6.45, 7) is 4.96.